The molecule has 2 N–H and O–H groups in total. The Labute approximate surface area is 120 Å². The van der Waals surface area contributed by atoms with Crippen LogP contribution in [0.1, 0.15) is 5.56 Å². The average Bonchev–Trinajstić information content (AvgIpc) is 2.23. The lowest BCUT2D eigenvalue weighted by Gasteiger charge is -2.07. The first-order chi connectivity index (χ1) is 8.06. The fraction of sp³-hybridized carbons (Fsp3) is 0.0909. The van der Waals surface area contributed by atoms with Crippen LogP contribution in [0.15, 0.2) is 40.0 Å². The summed E-state index contributed by atoms with van der Waals surface area (Å²) in [5.41, 5.74) is 7.33. The fourth-order valence-corrected chi connectivity index (χ4v) is 2.53. The zero-order valence-corrected chi connectivity index (χ0v) is 12.5. The van der Waals surface area contributed by atoms with E-state index in [1.54, 1.807) is 10.8 Å². The van der Waals surface area contributed by atoms with Gasteiger partial charge in [0.15, 0.2) is 0 Å². The van der Waals surface area contributed by atoms with Gasteiger partial charge in [-0.25, -0.2) is 4.98 Å². The minimum absolute atomic E-state index is 0.0425. The van der Waals surface area contributed by atoms with E-state index >= 15 is 0 Å². The van der Waals surface area contributed by atoms with Crippen LogP contribution < -0.4 is 11.3 Å². The van der Waals surface area contributed by atoms with Crippen molar-refractivity contribution in [2.24, 2.45) is 0 Å². The molecule has 0 spiro atoms. The third-order valence-corrected chi connectivity index (χ3v) is 3.39. The van der Waals surface area contributed by atoms with Gasteiger partial charge in [-0.3, -0.25) is 9.36 Å². The van der Waals surface area contributed by atoms with Crippen LogP contribution >= 0.6 is 38.5 Å². The Bertz CT molecular complexity index is 592. The lowest BCUT2D eigenvalue weighted by molar-refractivity contribution is 0.730. The molecule has 1 aromatic heterocycles. The molecule has 0 aliphatic rings. The molecule has 17 heavy (non-hydrogen) atoms. The van der Waals surface area contributed by atoms with Crippen molar-refractivity contribution in [1.82, 2.24) is 9.55 Å². The van der Waals surface area contributed by atoms with Crippen LogP contribution in [0.3, 0.4) is 0 Å². The van der Waals surface area contributed by atoms with Crippen LogP contribution in [0.4, 0.5) is 5.69 Å². The molecule has 0 aliphatic carbocycles. The molecule has 0 radical (unpaired) electrons. The number of halogens is 2. The summed E-state index contributed by atoms with van der Waals surface area (Å²) >= 11 is 5.35. The summed E-state index contributed by atoms with van der Waals surface area (Å²) in [6.07, 6.45) is 3.08. The second-order valence-corrected chi connectivity index (χ2v) is 5.65. The molecule has 0 bridgehead atoms. The molecule has 1 aromatic carbocycles. The highest BCUT2D eigenvalue weighted by Gasteiger charge is 2.03. The third kappa shape index (κ3) is 3.06. The first-order valence-electron chi connectivity index (χ1n) is 4.81. The Balaban J connectivity index is 2.38. The Morgan fingerprint density at radius 1 is 1.41 bits per heavy atom. The Kier molecular flexibility index (Phi) is 3.82. The standard InChI is InChI=1S/C11H9BrIN3O/c12-8-1-7(2-9(14)3-8)5-16-6-15-4-10(13)11(16)17/h1-4,6H,5,14H2. The number of nitrogens with two attached hydrogens (primary N) is 1. The van der Waals surface area contributed by atoms with Crippen LogP contribution in [0.25, 0.3) is 0 Å². The molecule has 0 saturated heterocycles. The van der Waals surface area contributed by atoms with Gasteiger partial charge in [0, 0.05) is 16.4 Å². The van der Waals surface area contributed by atoms with Crippen molar-refractivity contribution in [2.45, 2.75) is 6.54 Å². The number of nitrogens with zero attached hydrogens (tertiary/aromatic N) is 2. The number of benzene rings is 1. The van der Waals surface area contributed by atoms with E-state index in [0.717, 1.165) is 10.0 Å². The van der Waals surface area contributed by atoms with Crippen LogP contribution in [0.2, 0.25) is 0 Å². The first kappa shape index (κ1) is 12.6. The number of nitrogen functional groups attached to an aromatic ring is 1. The topological polar surface area (TPSA) is 60.9 Å². The number of hydrogen-bond acceptors (Lipinski definition) is 3. The van der Waals surface area contributed by atoms with E-state index in [9.17, 15) is 4.79 Å². The molecule has 0 amide bonds. The van der Waals surface area contributed by atoms with Gasteiger partial charge in [0.2, 0.25) is 0 Å². The van der Waals surface area contributed by atoms with E-state index < -0.39 is 0 Å². The SMILES string of the molecule is Nc1cc(Br)cc(Cn2cncc(I)c2=O)c1. The Hall–Kier alpha value is -0.890. The third-order valence-electron chi connectivity index (χ3n) is 2.19. The van der Waals surface area contributed by atoms with Gasteiger partial charge in [-0.1, -0.05) is 15.9 Å². The molecule has 0 fully saturated rings. The summed E-state index contributed by atoms with van der Waals surface area (Å²) in [5.74, 6) is 0. The predicted octanol–water partition coefficient (Wildman–Crippen LogP) is 2.24. The van der Waals surface area contributed by atoms with Crippen molar-refractivity contribution in [3.8, 4) is 0 Å². The van der Waals surface area contributed by atoms with Gasteiger partial charge in [-0.2, -0.15) is 0 Å². The highest BCUT2D eigenvalue weighted by molar-refractivity contribution is 14.1. The van der Waals surface area contributed by atoms with Gasteiger partial charge in [0.25, 0.3) is 5.56 Å². The summed E-state index contributed by atoms with van der Waals surface area (Å²) in [6.45, 7) is 0.465. The van der Waals surface area contributed by atoms with E-state index in [0.29, 0.717) is 15.8 Å². The van der Waals surface area contributed by atoms with Crippen molar-refractivity contribution in [1.29, 1.82) is 0 Å². The number of hydrogen-bond donors (Lipinski definition) is 1. The summed E-state index contributed by atoms with van der Waals surface area (Å²) < 4.78 is 3.07. The summed E-state index contributed by atoms with van der Waals surface area (Å²) in [5, 5.41) is 0. The van der Waals surface area contributed by atoms with Gasteiger partial charge in [0.1, 0.15) is 0 Å². The van der Waals surface area contributed by atoms with E-state index in [-0.39, 0.29) is 5.56 Å². The van der Waals surface area contributed by atoms with E-state index in [1.165, 1.54) is 6.33 Å². The van der Waals surface area contributed by atoms with Gasteiger partial charge in [-0.15, -0.1) is 0 Å². The van der Waals surface area contributed by atoms with Gasteiger partial charge >= 0.3 is 0 Å². The van der Waals surface area contributed by atoms with Gasteiger partial charge in [-0.05, 0) is 46.4 Å². The highest BCUT2D eigenvalue weighted by atomic mass is 127. The number of rotatable bonds is 2. The number of aromatic nitrogens is 2. The molecule has 88 valence electrons. The number of anilines is 1. The molecule has 2 aromatic rings. The van der Waals surface area contributed by atoms with Crippen molar-refractivity contribution in [3.05, 3.63) is 54.7 Å². The first-order valence-corrected chi connectivity index (χ1v) is 6.68. The second kappa shape index (κ2) is 5.18. The summed E-state index contributed by atoms with van der Waals surface area (Å²) in [7, 11) is 0. The molecule has 4 nitrogen and oxygen atoms in total. The van der Waals surface area contributed by atoms with Crippen molar-refractivity contribution < 1.29 is 0 Å². The second-order valence-electron chi connectivity index (χ2n) is 3.57. The zero-order valence-electron chi connectivity index (χ0n) is 8.73. The monoisotopic (exact) mass is 405 g/mol. The maximum atomic E-state index is 11.8. The van der Waals surface area contributed by atoms with Gasteiger partial charge < -0.3 is 5.73 Å². The van der Waals surface area contributed by atoms with Crippen molar-refractivity contribution in [2.75, 3.05) is 5.73 Å². The zero-order chi connectivity index (χ0) is 12.4. The quantitative estimate of drug-likeness (QED) is 0.615. The normalized spacial score (nSPS) is 10.5. The lowest BCUT2D eigenvalue weighted by Crippen LogP contribution is -2.22. The molecular formula is C11H9BrIN3O. The van der Waals surface area contributed by atoms with E-state index in [4.69, 9.17) is 5.73 Å². The van der Waals surface area contributed by atoms with E-state index in [2.05, 4.69) is 20.9 Å². The minimum atomic E-state index is -0.0425. The lowest BCUT2D eigenvalue weighted by atomic mass is 10.2. The Morgan fingerprint density at radius 2 is 2.18 bits per heavy atom. The molecule has 0 atom stereocenters. The average molecular weight is 406 g/mol. The molecule has 0 saturated carbocycles. The highest BCUT2D eigenvalue weighted by Crippen LogP contribution is 2.17. The van der Waals surface area contributed by atoms with Crippen LogP contribution in [0.5, 0.6) is 0 Å². The maximum Gasteiger partial charge on any atom is 0.267 e. The smallest absolute Gasteiger partial charge is 0.267 e. The van der Waals surface area contributed by atoms with Crippen LogP contribution in [-0.4, -0.2) is 9.55 Å². The molecule has 0 aliphatic heterocycles. The molecule has 6 heteroatoms. The van der Waals surface area contributed by atoms with Crippen LogP contribution in [-0.2, 0) is 6.54 Å². The van der Waals surface area contributed by atoms with Crippen LogP contribution in [0, 0.1) is 3.57 Å². The molecule has 0 unspecified atom stereocenters. The minimum Gasteiger partial charge on any atom is -0.399 e. The van der Waals surface area contributed by atoms with Crippen molar-refractivity contribution in [3.63, 3.8) is 0 Å². The maximum absolute atomic E-state index is 11.8. The molecular weight excluding hydrogens is 397 g/mol. The Morgan fingerprint density at radius 3 is 2.88 bits per heavy atom. The van der Waals surface area contributed by atoms with Gasteiger partial charge in [0.05, 0.1) is 16.4 Å². The van der Waals surface area contributed by atoms with E-state index in [1.807, 2.05) is 40.8 Å². The fourth-order valence-electron chi connectivity index (χ4n) is 1.50. The predicted molar refractivity (Wildman–Crippen MR) is 78.9 cm³/mol. The van der Waals surface area contributed by atoms with Crippen molar-refractivity contribution >= 4 is 44.2 Å². The summed E-state index contributed by atoms with van der Waals surface area (Å²) in [6, 6.07) is 5.60. The molecule has 1 heterocycles. The largest absolute Gasteiger partial charge is 0.399 e. The molecule has 2 rings (SSSR count). The summed E-state index contributed by atoms with van der Waals surface area (Å²) in [4.78, 5) is 15.8.